The third-order valence-corrected chi connectivity index (χ3v) is 3.18. The summed E-state index contributed by atoms with van der Waals surface area (Å²) in [5.74, 6) is -0.219. The first kappa shape index (κ1) is 13.3. The van der Waals surface area contributed by atoms with Crippen LogP contribution in [0, 0.1) is 0 Å². The molecule has 19 heavy (non-hydrogen) atoms. The molecule has 0 saturated carbocycles. The Kier molecular flexibility index (Phi) is 4.00. The first-order valence-corrected chi connectivity index (χ1v) is 6.33. The Morgan fingerprint density at radius 3 is 2.74 bits per heavy atom. The van der Waals surface area contributed by atoms with Gasteiger partial charge >= 0.3 is 6.09 Å². The zero-order valence-corrected chi connectivity index (χ0v) is 10.9. The maximum atomic E-state index is 12.1. The number of carbonyl (C=O) groups is 2. The van der Waals surface area contributed by atoms with E-state index in [1.807, 2.05) is 30.3 Å². The smallest absolute Gasteiger partial charge is 0.417 e. The van der Waals surface area contributed by atoms with Crippen molar-refractivity contribution in [1.29, 1.82) is 0 Å². The Morgan fingerprint density at radius 2 is 2.11 bits per heavy atom. The van der Waals surface area contributed by atoms with Gasteiger partial charge in [0.05, 0.1) is 0 Å². The highest BCUT2D eigenvalue weighted by Gasteiger charge is 2.43. The molecule has 0 aliphatic carbocycles. The monoisotopic (exact) mass is 259 g/mol. The maximum absolute atomic E-state index is 12.1. The van der Waals surface area contributed by atoms with E-state index in [9.17, 15) is 9.59 Å². The van der Waals surface area contributed by atoms with Gasteiger partial charge in [0.1, 0.15) is 12.1 Å². The first-order valence-electron chi connectivity index (χ1n) is 6.33. The summed E-state index contributed by atoms with van der Waals surface area (Å²) in [4.78, 5) is 25.2. The Labute approximate surface area is 112 Å². The Hall–Kier alpha value is -2.10. The molecule has 0 N–H and O–H groups in total. The number of imide groups is 1. The molecule has 1 heterocycles. The number of allylic oxidation sites excluding steroid dienone is 1. The van der Waals surface area contributed by atoms with E-state index in [4.69, 9.17) is 4.74 Å². The van der Waals surface area contributed by atoms with Gasteiger partial charge in [-0.2, -0.15) is 0 Å². The van der Waals surface area contributed by atoms with E-state index in [0.717, 1.165) is 5.56 Å². The minimum atomic E-state index is -0.560. The summed E-state index contributed by atoms with van der Waals surface area (Å²) in [6, 6.07) is 9.13. The van der Waals surface area contributed by atoms with Crippen molar-refractivity contribution in [3.8, 4) is 0 Å². The highest BCUT2D eigenvalue weighted by Crippen LogP contribution is 2.33. The molecule has 4 nitrogen and oxygen atoms in total. The molecule has 0 radical (unpaired) electrons. The SMILES string of the molecule is C=CCCC(=O)N1C(=O)O[C@@H](C)[C@H]1c1ccccc1. The average Bonchev–Trinajstić information content (AvgIpc) is 2.71. The standard InChI is InChI=1S/C15H17NO3/c1-3-4-10-13(17)16-14(11(2)19-15(16)18)12-8-6-5-7-9-12/h3,5-9,11,14H,1,4,10H2,2H3/t11-,14-/m0/s1. The number of rotatable bonds is 4. The van der Waals surface area contributed by atoms with Crippen LogP contribution in [0.3, 0.4) is 0 Å². The molecular formula is C15H17NO3. The number of hydrogen-bond acceptors (Lipinski definition) is 3. The number of carbonyl (C=O) groups excluding carboxylic acids is 2. The molecule has 1 aliphatic rings. The van der Waals surface area contributed by atoms with Gasteiger partial charge in [-0.1, -0.05) is 36.4 Å². The molecule has 1 fully saturated rings. The molecule has 0 bridgehead atoms. The summed E-state index contributed by atoms with van der Waals surface area (Å²) in [5.41, 5.74) is 0.910. The lowest BCUT2D eigenvalue weighted by molar-refractivity contribution is -0.129. The number of ether oxygens (including phenoxy) is 1. The van der Waals surface area contributed by atoms with Crippen molar-refractivity contribution in [2.24, 2.45) is 0 Å². The summed E-state index contributed by atoms with van der Waals surface area (Å²) >= 11 is 0. The zero-order chi connectivity index (χ0) is 13.8. The highest BCUT2D eigenvalue weighted by atomic mass is 16.6. The average molecular weight is 259 g/mol. The molecule has 1 aromatic carbocycles. The van der Waals surface area contributed by atoms with Crippen molar-refractivity contribution in [3.05, 3.63) is 48.6 Å². The van der Waals surface area contributed by atoms with Crippen LogP contribution < -0.4 is 0 Å². The summed E-state index contributed by atoms with van der Waals surface area (Å²) < 4.78 is 5.18. The molecular weight excluding hydrogens is 242 g/mol. The number of amides is 2. The topological polar surface area (TPSA) is 46.6 Å². The lowest BCUT2D eigenvalue weighted by atomic mass is 10.0. The van der Waals surface area contributed by atoms with Gasteiger partial charge in [-0.3, -0.25) is 4.79 Å². The van der Waals surface area contributed by atoms with E-state index < -0.39 is 6.09 Å². The Morgan fingerprint density at radius 1 is 1.42 bits per heavy atom. The van der Waals surface area contributed by atoms with Crippen molar-refractivity contribution < 1.29 is 14.3 Å². The minimum absolute atomic E-state index is 0.219. The zero-order valence-electron chi connectivity index (χ0n) is 10.9. The van der Waals surface area contributed by atoms with Crippen molar-refractivity contribution in [1.82, 2.24) is 4.90 Å². The summed E-state index contributed by atoms with van der Waals surface area (Å²) in [6.45, 7) is 5.39. The lowest BCUT2D eigenvalue weighted by Crippen LogP contribution is -2.34. The summed E-state index contributed by atoms with van der Waals surface area (Å²) in [5, 5.41) is 0. The third kappa shape index (κ3) is 2.67. The number of nitrogens with zero attached hydrogens (tertiary/aromatic N) is 1. The van der Waals surface area contributed by atoms with E-state index in [0.29, 0.717) is 6.42 Å². The van der Waals surface area contributed by atoms with Crippen LogP contribution >= 0.6 is 0 Å². The quantitative estimate of drug-likeness (QED) is 0.781. The van der Waals surface area contributed by atoms with Gasteiger partial charge in [-0.25, -0.2) is 9.69 Å². The normalized spacial score (nSPS) is 22.2. The molecule has 2 atom stereocenters. The van der Waals surface area contributed by atoms with E-state index >= 15 is 0 Å². The Bertz CT molecular complexity index is 483. The van der Waals surface area contributed by atoms with Crippen LogP contribution in [-0.2, 0) is 9.53 Å². The molecule has 4 heteroatoms. The number of cyclic esters (lactones) is 1. The lowest BCUT2D eigenvalue weighted by Gasteiger charge is -2.21. The number of benzene rings is 1. The fourth-order valence-corrected chi connectivity index (χ4v) is 2.28. The highest BCUT2D eigenvalue weighted by molar-refractivity contribution is 5.94. The molecule has 1 aromatic rings. The van der Waals surface area contributed by atoms with Gasteiger partial charge < -0.3 is 4.74 Å². The van der Waals surface area contributed by atoms with Crippen molar-refractivity contribution >= 4 is 12.0 Å². The van der Waals surface area contributed by atoms with Gasteiger partial charge in [-0.15, -0.1) is 6.58 Å². The molecule has 0 spiro atoms. The van der Waals surface area contributed by atoms with Gasteiger partial charge in [0.2, 0.25) is 5.91 Å². The van der Waals surface area contributed by atoms with Crippen molar-refractivity contribution in [2.45, 2.75) is 31.9 Å². The second-order valence-corrected chi connectivity index (χ2v) is 4.54. The molecule has 100 valence electrons. The molecule has 2 rings (SSSR count). The second-order valence-electron chi connectivity index (χ2n) is 4.54. The maximum Gasteiger partial charge on any atom is 0.417 e. The van der Waals surface area contributed by atoms with E-state index in [1.54, 1.807) is 13.0 Å². The summed E-state index contributed by atoms with van der Waals surface area (Å²) in [7, 11) is 0. The van der Waals surface area contributed by atoms with Crippen LogP contribution in [0.1, 0.15) is 31.4 Å². The third-order valence-electron chi connectivity index (χ3n) is 3.18. The molecule has 1 aliphatic heterocycles. The van der Waals surface area contributed by atoms with Crippen molar-refractivity contribution in [3.63, 3.8) is 0 Å². The van der Waals surface area contributed by atoms with Gasteiger partial charge in [-0.05, 0) is 18.9 Å². The first-order chi connectivity index (χ1) is 9.15. The van der Waals surface area contributed by atoms with Crippen LogP contribution in [0.25, 0.3) is 0 Å². The second kappa shape index (κ2) is 5.69. The molecule has 2 amide bonds. The molecule has 1 saturated heterocycles. The van der Waals surface area contributed by atoms with E-state index in [1.165, 1.54) is 4.90 Å². The van der Waals surface area contributed by atoms with Crippen LogP contribution in [0.4, 0.5) is 4.79 Å². The van der Waals surface area contributed by atoms with Crippen LogP contribution in [-0.4, -0.2) is 23.0 Å². The van der Waals surface area contributed by atoms with Crippen molar-refractivity contribution in [2.75, 3.05) is 0 Å². The summed E-state index contributed by atoms with van der Waals surface area (Å²) in [6.07, 6.45) is 1.60. The van der Waals surface area contributed by atoms with Gasteiger partial charge in [0.25, 0.3) is 0 Å². The van der Waals surface area contributed by atoms with Crippen LogP contribution in [0.2, 0.25) is 0 Å². The van der Waals surface area contributed by atoms with E-state index in [-0.39, 0.29) is 24.5 Å². The molecule has 0 aromatic heterocycles. The predicted molar refractivity (Wildman–Crippen MR) is 71.4 cm³/mol. The largest absolute Gasteiger partial charge is 0.443 e. The van der Waals surface area contributed by atoms with Gasteiger partial charge in [0, 0.05) is 6.42 Å². The van der Waals surface area contributed by atoms with Gasteiger partial charge in [0.15, 0.2) is 0 Å². The minimum Gasteiger partial charge on any atom is -0.443 e. The van der Waals surface area contributed by atoms with E-state index in [2.05, 4.69) is 6.58 Å². The Balaban J connectivity index is 2.26. The van der Waals surface area contributed by atoms with Crippen LogP contribution in [0.5, 0.6) is 0 Å². The fraction of sp³-hybridized carbons (Fsp3) is 0.333. The number of hydrogen-bond donors (Lipinski definition) is 0. The predicted octanol–water partition coefficient (Wildman–Crippen LogP) is 3.06. The molecule has 0 unspecified atom stereocenters. The van der Waals surface area contributed by atoms with Crippen LogP contribution in [0.15, 0.2) is 43.0 Å². The fourth-order valence-electron chi connectivity index (χ4n) is 2.28.